The van der Waals surface area contributed by atoms with Crippen molar-refractivity contribution >= 4 is 29.9 Å². The highest BCUT2D eigenvalue weighted by Crippen LogP contribution is 2.27. The van der Waals surface area contributed by atoms with Crippen molar-refractivity contribution in [3.8, 4) is 0 Å². The summed E-state index contributed by atoms with van der Waals surface area (Å²) >= 11 is 5.70. The summed E-state index contributed by atoms with van der Waals surface area (Å²) in [5.74, 6) is 0.726. The molecule has 0 radical (unpaired) electrons. The minimum absolute atomic E-state index is 0.0700. The van der Waals surface area contributed by atoms with Crippen LogP contribution in [0.15, 0.2) is 16.3 Å². The fourth-order valence-corrected chi connectivity index (χ4v) is 3.62. The number of hydrogen-bond donors (Lipinski definition) is 2. The molecule has 1 fully saturated rings. The molecule has 94 valence electrons. The largest absolute Gasteiger partial charge is 0.348 e. The summed E-state index contributed by atoms with van der Waals surface area (Å²) in [7, 11) is 0. The van der Waals surface area contributed by atoms with Crippen LogP contribution >= 0.6 is 24.0 Å². The normalized spacial score (nSPS) is 24.6. The predicted octanol–water partition coefficient (Wildman–Crippen LogP) is 3.74. The fraction of sp³-hybridized carbons (Fsp3) is 0.615. The molecule has 1 aromatic rings. The van der Waals surface area contributed by atoms with E-state index in [1.54, 1.807) is 0 Å². The molecular formula is C13H19NOS2. The lowest BCUT2D eigenvalue weighted by atomic mass is 9.83. The van der Waals surface area contributed by atoms with Gasteiger partial charge in [0.25, 0.3) is 5.91 Å². The van der Waals surface area contributed by atoms with Gasteiger partial charge in [-0.3, -0.25) is 4.79 Å². The quantitative estimate of drug-likeness (QED) is 0.804. The van der Waals surface area contributed by atoms with Gasteiger partial charge in [-0.2, -0.15) is 0 Å². The van der Waals surface area contributed by atoms with E-state index in [1.165, 1.54) is 30.6 Å². The third-order valence-corrected chi connectivity index (χ3v) is 4.92. The first-order chi connectivity index (χ1) is 8.20. The van der Waals surface area contributed by atoms with Crippen molar-refractivity contribution in [2.24, 2.45) is 5.92 Å². The Morgan fingerprint density at radius 3 is 2.94 bits per heavy atom. The van der Waals surface area contributed by atoms with Crippen molar-refractivity contribution in [3.63, 3.8) is 0 Å². The van der Waals surface area contributed by atoms with Gasteiger partial charge in [-0.1, -0.05) is 26.2 Å². The highest BCUT2D eigenvalue weighted by Gasteiger charge is 2.25. The third-order valence-electron chi connectivity index (χ3n) is 3.56. The van der Waals surface area contributed by atoms with Crippen LogP contribution in [0.4, 0.5) is 0 Å². The summed E-state index contributed by atoms with van der Waals surface area (Å²) in [6.07, 6.45) is 6.09. The first-order valence-electron chi connectivity index (χ1n) is 6.29. The van der Waals surface area contributed by atoms with E-state index in [0.717, 1.165) is 22.6 Å². The molecule has 2 rings (SSSR count). The number of carbonyl (C=O) groups excluding carboxylic acids is 1. The van der Waals surface area contributed by atoms with Gasteiger partial charge < -0.3 is 5.32 Å². The van der Waals surface area contributed by atoms with Crippen LogP contribution in [0.3, 0.4) is 0 Å². The van der Waals surface area contributed by atoms with Gasteiger partial charge in [-0.05, 0) is 24.8 Å². The number of thiol groups is 1. The van der Waals surface area contributed by atoms with Crippen LogP contribution in [0.5, 0.6) is 0 Å². The molecule has 4 heteroatoms. The number of hydrogen-bond acceptors (Lipinski definition) is 3. The van der Waals surface area contributed by atoms with Crippen LogP contribution in [-0.2, 0) is 0 Å². The van der Waals surface area contributed by atoms with E-state index in [4.69, 9.17) is 0 Å². The van der Waals surface area contributed by atoms with Gasteiger partial charge in [0.2, 0.25) is 0 Å². The Labute approximate surface area is 112 Å². The average Bonchev–Trinajstić information content (AvgIpc) is 2.77. The summed E-state index contributed by atoms with van der Waals surface area (Å²) in [6.45, 7) is 2.21. The minimum Gasteiger partial charge on any atom is -0.348 e. The second-order valence-electron chi connectivity index (χ2n) is 4.70. The van der Waals surface area contributed by atoms with Gasteiger partial charge in [-0.25, -0.2) is 0 Å². The monoisotopic (exact) mass is 269 g/mol. The fourth-order valence-electron chi connectivity index (χ4n) is 2.57. The van der Waals surface area contributed by atoms with Crippen LogP contribution in [0, 0.1) is 5.92 Å². The standard InChI is InChI=1S/C13H19NOS2/c1-2-9-5-3-4-6-11(9)14-13(15)12-7-10(16)8-17-12/h7-9,11,16H,2-6H2,1H3,(H,14,15). The summed E-state index contributed by atoms with van der Waals surface area (Å²) in [5, 5.41) is 5.09. The zero-order valence-electron chi connectivity index (χ0n) is 10.1. The molecule has 2 nitrogen and oxygen atoms in total. The molecular weight excluding hydrogens is 250 g/mol. The highest BCUT2D eigenvalue weighted by molar-refractivity contribution is 7.80. The molecule has 0 spiro atoms. The van der Waals surface area contributed by atoms with E-state index in [1.807, 2.05) is 11.4 Å². The molecule has 1 aromatic heterocycles. The number of carbonyl (C=O) groups is 1. The molecule has 1 saturated carbocycles. The number of thiophene rings is 1. The molecule has 2 atom stereocenters. The maximum Gasteiger partial charge on any atom is 0.261 e. The van der Waals surface area contributed by atoms with E-state index >= 15 is 0 Å². The maximum absolute atomic E-state index is 12.1. The van der Waals surface area contributed by atoms with Crippen molar-refractivity contribution in [2.75, 3.05) is 0 Å². The SMILES string of the molecule is CCC1CCCCC1NC(=O)c1cc(S)cs1. The molecule has 1 aliphatic carbocycles. The lowest BCUT2D eigenvalue weighted by molar-refractivity contribution is 0.0909. The van der Waals surface area contributed by atoms with Crippen molar-refractivity contribution in [1.82, 2.24) is 5.32 Å². The Morgan fingerprint density at radius 1 is 1.53 bits per heavy atom. The van der Waals surface area contributed by atoms with E-state index in [9.17, 15) is 4.79 Å². The topological polar surface area (TPSA) is 29.1 Å². The van der Waals surface area contributed by atoms with E-state index in [2.05, 4.69) is 24.9 Å². The first-order valence-corrected chi connectivity index (χ1v) is 7.61. The zero-order valence-corrected chi connectivity index (χ0v) is 11.8. The van der Waals surface area contributed by atoms with Gasteiger partial charge in [0.15, 0.2) is 0 Å². The predicted molar refractivity (Wildman–Crippen MR) is 75.1 cm³/mol. The van der Waals surface area contributed by atoms with Crippen LogP contribution in [-0.4, -0.2) is 11.9 Å². The second-order valence-corrected chi connectivity index (χ2v) is 6.13. The van der Waals surface area contributed by atoms with Crippen molar-refractivity contribution in [3.05, 3.63) is 16.3 Å². The molecule has 17 heavy (non-hydrogen) atoms. The second kappa shape index (κ2) is 5.91. The van der Waals surface area contributed by atoms with Crippen LogP contribution in [0.25, 0.3) is 0 Å². The molecule has 2 unspecified atom stereocenters. The summed E-state index contributed by atoms with van der Waals surface area (Å²) in [5.41, 5.74) is 0. The van der Waals surface area contributed by atoms with Gasteiger partial charge in [0, 0.05) is 16.3 Å². The Kier molecular flexibility index (Phi) is 4.51. The van der Waals surface area contributed by atoms with Crippen LogP contribution in [0.1, 0.15) is 48.7 Å². The van der Waals surface area contributed by atoms with E-state index in [-0.39, 0.29) is 5.91 Å². The molecule has 1 aliphatic rings. The average molecular weight is 269 g/mol. The molecule has 1 amide bonds. The van der Waals surface area contributed by atoms with Crippen LogP contribution < -0.4 is 5.32 Å². The van der Waals surface area contributed by atoms with Gasteiger partial charge in [0.1, 0.15) is 0 Å². The Balaban J connectivity index is 1.97. The Bertz CT molecular complexity index is 389. The van der Waals surface area contributed by atoms with E-state index < -0.39 is 0 Å². The summed E-state index contributed by atoms with van der Waals surface area (Å²) < 4.78 is 0. The Hall–Kier alpha value is -0.480. The van der Waals surface area contributed by atoms with Crippen LogP contribution in [0.2, 0.25) is 0 Å². The molecule has 0 aliphatic heterocycles. The van der Waals surface area contributed by atoms with E-state index in [0.29, 0.717) is 12.0 Å². The first kappa shape index (κ1) is 13.0. The Morgan fingerprint density at radius 2 is 2.29 bits per heavy atom. The third kappa shape index (κ3) is 3.26. The molecule has 0 saturated heterocycles. The molecule has 1 heterocycles. The molecule has 0 bridgehead atoms. The van der Waals surface area contributed by atoms with Gasteiger partial charge in [0.05, 0.1) is 4.88 Å². The lowest BCUT2D eigenvalue weighted by Gasteiger charge is -2.31. The van der Waals surface area contributed by atoms with Gasteiger partial charge >= 0.3 is 0 Å². The lowest BCUT2D eigenvalue weighted by Crippen LogP contribution is -2.41. The van der Waals surface area contributed by atoms with Crippen molar-refractivity contribution < 1.29 is 4.79 Å². The molecule has 0 aromatic carbocycles. The minimum atomic E-state index is 0.0700. The maximum atomic E-state index is 12.1. The van der Waals surface area contributed by atoms with Crippen molar-refractivity contribution in [1.29, 1.82) is 0 Å². The number of nitrogens with one attached hydrogen (secondary N) is 1. The number of rotatable bonds is 3. The number of amides is 1. The molecule has 1 N–H and O–H groups in total. The smallest absolute Gasteiger partial charge is 0.261 e. The van der Waals surface area contributed by atoms with Crippen molar-refractivity contribution in [2.45, 2.75) is 50.0 Å². The summed E-state index contributed by atoms with van der Waals surface area (Å²) in [4.78, 5) is 13.7. The summed E-state index contributed by atoms with van der Waals surface area (Å²) in [6, 6.07) is 2.21. The zero-order chi connectivity index (χ0) is 12.3. The van der Waals surface area contributed by atoms with Gasteiger partial charge in [-0.15, -0.1) is 24.0 Å². The highest BCUT2D eigenvalue weighted by atomic mass is 32.1.